The third kappa shape index (κ3) is 6.17. The van der Waals surface area contributed by atoms with E-state index in [1.165, 1.54) is 17.8 Å². The number of carbonyl (C=O) groups excluding carboxylic acids is 2. The Morgan fingerprint density at radius 2 is 1.88 bits per heavy atom. The van der Waals surface area contributed by atoms with Crippen LogP contribution in [0, 0.1) is 0 Å². The van der Waals surface area contributed by atoms with E-state index in [4.69, 9.17) is 34.8 Å². The minimum Gasteiger partial charge on any atom is -0.342 e. The molecule has 1 heterocycles. The predicted molar refractivity (Wildman–Crippen MR) is 132 cm³/mol. The summed E-state index contributed by atoms with van der Waals surface area (Å²) >= 11 is 22.6. The lowest BCUT2D eigenvalue weighted by atomic mass is 10.2. The van der Waals surface area contributed by atoms with Gasteiger partial charge in [0.15, 0.2) is 11.0 Å². The Morgan fingerprint density at radius 3 is 2.56 bits per heavy atom. The summed E-state index contributed by atoms with van der Waals surface area (Å²) in [5, 5.41) is 15.6. The van der Waals surface area contributed by atoms with Gasteiger partial charge in [0, 0.05) is 22.2 Å². The molecule has 0 saturated carbocycles. The normalized spacial score (nSPS) is 11.8. The monoisotopic (exact) mass is 575 g/mol. The molecule has 0 radical (unpaired) electrons. The predicted octanol–water partition coefficient (Wildman–Crippen LogP) is 5.76. The van der Waals surface area contributed by atoms with Crippen LogP contribution in [-0.4, -0.2) is 32.3 Å². The largest absolute Gasteiger partial charge is 0.342 e. The number of amides is 2. The Balaban J connectivity index is 1.59. The molecule has 0 spiro atoms. The highest BCUT2D eigenvalue weighted by molar-refractivity contribution is 9.10. The summed E-state index contributed by atoms with van der Waals surface area (Å²) in [6.45, 7) is 1.78. The lowest BCUT2D eigenvalue weighted by molar-refractivity contribution is -0.113. The Morgan fingerprint density at radius 1 is 1.12 bits per heavy atom. The van der Waals surface area contributed by atoms with E-state index in [1.807, 2.05) is 0 Å². The molecule has 0 bridgehead atoms. The highest BCUT2D eigenvalue weighted by Gasteiger charge is 2.20. The molecule has 0 aliphatic carbocycles. The van der Waals surface area contributed by atoms with Gasteiger partial charge in [0.25, 0.3) is 5.91 Å². The molecule has 0 aliphatic rings. The second kappa shape index (κ2) is 10.9. The first-order valence-electron chi connectivity index (χ1n) is 9.18. The molecule has 0 aliphatic heterocycles. The molecule has 0 saturated heterocycles. The van der Waals surface area contributed by atoms with Crippen molar-refractivity contribution >= 4 is 80.0 Å². The van der Waals surface area contributed by atoms with Gasteiger partial charge in [0.2, 0.25) is 5.91 Å². The van der Waals surface area contributed by atoms with Crippen molar-refractivity contribution in [2.24, 2.45) is 7.05 Å². The first-order valence-corrected chi connectivity index (χ1v) is 12.1. The molecule has 3 aromatic rings. The van der Waals surface area contributed by atoms with E-state index in [0.717, 1.165) is 4.47 Å². The number of hydrogen-bond donors (Lipinski definition) is 2. The average molecular weight is 578 g/mol. The smallest absolute Gasteiger partial charge is 0.253 e. The van der Waals surface area contributed by atoms with E-state index in [-0.39, 0.29) is 22.6 Å². The summed E-state index contributed by atoms with van der Waals surface area (Å²) < 4.78 is 2.47. The quantitative estimate of drug-likeness (QED) is 0.349. The summed E-state index contributed by atoms with van der Waals surface area (Å²) in [7, 11) is 1.77. The Labute approximate surface area is 212 Å². The molecular weight excluding hydrogens is 561 g/mol. The second-order valence-electron chi connectivity index (χ2n) is 6.68. The minimum absolute atomic E-state index is 0.126. The maximum atomic E-state index is 12.5. The van der Waals surface area contributed by atoms with Gasteiger partial charge in [-0.3, -0.25) is 9.59 Å². The fourth-order valence-corrected chi connectivity index (χ4v) is 4.38. The molecule has 2 aromatic carbocycles. The topological polar surface area (TPSA) is 88.9 Å². The Hall–Kier alpha value is -1.78. The van der Waals surface area contributed by atoms with Gasteiger partial charge >= 0.3 is 0 Å². The van der Waals surface area contributed by atoms with E-state index < -0.39 is 6.04 Å². The molecule has 168 valence electrons. The maximum Gasteiger partial charge on any atom is 0.253 e. The zero-order valence-corrected chi connectivity index (χ0v) is 21.5. The molecule has 2 N–H and O–H groups in total. The van der Waals surface area contributed by atoms with Crippen molar-refractivity contribution < 1.29 is 9.59 Å². The molecule has 3 rings (SSSR count). The van der Waals surface area contributed by atoms with E-state index in [9.17, 15) is 9.59 Å². The van der Waals surface area contributed by atoms with Crippen LogP contribution in [0.15, 0.2) is 46.0 Å². The molecule has 1 atom stereocenters. The van der Waals surface area contributed by atoms with Crippen molar-refractivity contribution in [2.45, 2.75) is 18.1 Å². The van der Waals surface area contributed by atoms with Gasteiger partial charge in [0.05, 0.1) is 27.4 Å². The fourth-order valence-electron chi connectivity index (χ4n) is 2.74. The van der Waals surface area contributed by atoms with Crippen LogP contribution >= 0.6 is 62.5 Å². The number of anilines is 1. The summed E-state index contributed by atoms with van der Waals surface area (Å²) in [5.41, 5.74) is 0.907. The van der Waals surface area contributed by atoms with Gasteiger partial charge in [0.1, 0.15) is 0 Å². The zero-order chi connectivity index (χ0) is 23.4. The summed E-state index contributed by atoms with van der Waals surface area (Å²) in [4.78, 5) is 24.8. The van der Waals surface area contributed by atoms with Gasteiger partial charge < -0.3 is 15.2 Å². The molecule has 0 fully saturated rings. The second-order valence-corrected chi connectivity index (χ2v) is 9.73. The van der Waals surface area contributed by atoms with Crippen LogP contribution < -0.4 is 10.6 Å². The maximum absolute atomic E-state index is 12.5. The lowest BCUT2D eigenvalue weighted by Gasteiger charge is -2.14. The van der Waals surface area contributed by atoms with Crippen LogP contribution in [0.2, 0.25) is 15.1 Å². The van der Waals surface area contributed by atoms with Crippen molar-refractivity contribution in [1.82, 2.24) is 20.1 Å². The SMILES string of the molecule is C[C@@H](NC(=O)c1ccc(Cl)cc1Cl)c1nnc(SCC(=O)Nc2ccc(Br)c(Cl)c2)n1C. The number of benzene rings is 2. The van der Waals surface area contributed by atoms with E-state index >= 15 is 0 Å². The van der Waals surface area contributed by atoms with E-state index in [1.54, 1.807) is 48.9 Å². The number of nitrogens with zero attached hydrogens (tertiary/aromatic N) is 3. The molecule has 12 heteroatoms. The van der Waals surface area contributed by atoms with Crippen molar-refractivity contribution in [3.8, 4) is 0 Å². The van der Waals surface area contributed by atoms with Crippen molar-refractivity contribution in [1.29, 1.82) is 0 Å². The third-order valence-corrected chi connectivity index (χ3v) is 7.12. The summed E-state index contributed by atoms with van der Waals surface area (Å²) in [6.07, 6.45) is 0. The highest BCUT2D eigenvalue weighted by Crippen LogP contribution is 2.26. The van der Waals surface area contributed by atoms with Gasteiger partial charge in [-0.15, -0.1) is 10.2 Å². The Kier molecular flexibility index (Phi) is 8.46. The van der Waals surface area contributed by atoms with Gasteiger partial charge in [-0.1, -0.05) is 46.6 Å². The van der Waals surface area contributed by atoms with Crippen LogP contribution in [0.4, 0.5) is 5.69 Å². The van der Waals surface area contributed by atoms with Crippen molar-refractivity contribution in [2.75, 3.05) is 11.1 Å². The summed E-state index contributed by atoms with van der Waals surface area (Å²) in [6, 6.07) is 9.38. The van der Waals surface area contributed by atoms with Crippen LogP contribution in [0.3, 0.4) is 0 Å². The number of halogens is 4. The van der Waals surface area contributed by atoms with E-state index in [0.29, 0.717) is 32.3 Å². The minimum atomic E-state index is -0.445. The van der Waals surface area contributed by atoms with Gasteiger partial charge in [-0.25, -0.2) is 0 Å². The number of hydrogen-bond acceptors (Lipinski definition) is 5. The molecule has 1 aromatic heterocycles. The third-order valence-electron chi connectivity index (χ3n) is 4.31. The molecular formula is C20H17BrCl3N5O2S. The first kappa shape index (κ1) is 24.9. The zero-order valence-electron chi connectivity index (χ0n) is 16.8. The molecule has 2 amide bonds. The van der Waals surface area contributed by atoms with Gasteiger partial charge in [-0.2, -0.15) is 0 Å². The molecule has 7 nitrogen and oxygen atoms in total. The van der Waals surface area contributed by atoms with Crippen LogP contribution in [0.5, 0.6) is 0 Å². The number of thioether (sulfide) groups is 1. The molecule has 0 unspecified atom stereocenters. The highest BCUT2D eigenvalue weighted by atomic mass is 79.9. The van der Waals surface area contributed by atoms with Crippen LogP contribution in [0.25, 0.3) is 0 Å². The number of carbonyl (C=O) groups is 2. The van der Waals surface area contributed by atoms with Crippen LogP contribution in [0.1, 0.15) is 29.1 Å². The first-order chi connectivity index (χ1) is 15.2. The molecule has 32 heavy (non-hydrogen) atoms. The number of aromatic nitrogens is 3. The summed E-state index contributed by atoms with van der Waals surface area (Å²) in [5.74, 6) is 0.0902. The van der Waals surface area contributed by atoms with E-state index in [2.05, 4.69) is 36.8 Å². The van der Waals surface area contributed by atoms with Crippen molar-refractivity contribution in [3.63, 3.8) is 0 Å². The van der Waals surface area contributed by atoms with Crippen molar-refractivity contribution in [3.05, 3.63) is 67.3 Å². The number of nitrogens with one attached hydrogen (secondary N) is 2. The Bertz CT molecular complexity index is 1170. The van der Waals surface area contributed by atoms with Crippen LogP contribution in [-0.2, 0) is 11.8 Å². The average Bonchev–Trinajstić information content (AvgIpc) is 3.09. The fraction of sp³-hybridized carbons (Fsp3) is 0.200. The van der Waals surface area contributed by atoms with Gasteiger partial charge in [-0.05, 0) is 59.3 Å². The standard InChI is InChI=1S/C20H17BrCl3N5O2S/c1-10(25-19(31)13-5-3-11(22)7-15(13)23)18-27-28-20(29(18)2)32-9-17(30)26-12-4-6-14(21)16(24)8-12/h3-8,10H,9H2,1-2H3,(H,25,31)(H,26,30)/t10-/m1/s1. The number of rotatable bonds is 7. The lowest BCUT2D eigenvalue weighted by Crippen LogP contribution is -2.28.